The summed E-state index contributed by atoms with van der Waals surface area (Å²) in [5, 5.41) is 6.60. The Morgan fingerprint density at radius 2 is 1.86 bits per heavy atom. The molecule has 0 unspecified atom stereocenters. The van der Waals surface area contributed by atoms with Gasteiger partial charge in [-0.25, -0.2) is 9.85 Å². The monoisotopic (exact) mass is 507 g/mol. The molecule has 3 rings (SSSR count). The van der Waals surface area contributed by atoms with Gasteiger partial charge in [0.15, 0.2) is 5.69 Å². The standard InChI is InChI=1S/C28H37N5O3.CH4/c1-20(2)8-7-13-30-27(34)18-32(26-15-24(29-4)11-9-21(26)3)19-28(35)31(5)33-16-22-10-12-25(36-6)14-23(22)17-33;/h9-12,14-15,20H,7-8,13,16-19H2,1-3,5-6H3,(H,30,34);1H4. The lowest BCUT2D eigenvalue weighted by Crippen LogP contribution is -2.48. The van der Waals surface area contributed by atoms with Crippen LogP contribution in [0.1, 0.15) is 50.8 Å². The Morgan fingerprint density at radius 3 is 2.54 bits per heavy atom. The first-order chi connectivity index (χ1) is 17.2. The Balaban J connectivity index is 0.00000481. The molecule has 8 nitrogen and oxygen atoms in total. The molecule has 200 valence electrons. The Hall–Kier alpha value is -3.57. The Labute approximate surface area is 222 Å². The van der Waals surface area contributed by atoms with Crippen LogP contribution in [0, 0.1) is 19.4 Å². The van der Waals surface area contributed by atoms with Gasteiger partial charge in [-0.1, -0.05) is 39.5 Å². The second-order valence-corrected chi connectivity index (χ2v) is 9.70. The highest BCUT2D eigenvalue weighted by Gasteiger charge is 2.27. The average molecular weight is 508 g/mol. The molecular weight excluding hydrogens is 466 g/mol. The topological polar surface area (TPSA) is 69.5 Å². The lowest BCUT2D eigenvalue weighted by Gasteiger charge is -2.32. The molecule has 1 aliphatic heterocycles. The van der Waals surface area contributed by atoms with Gasteiger partial charge >= 0.3 is 0 Å². The summed E-state index contributed by atoms with van der Waals surface area (Å²) in [6.45, 7) is 15.5. The van der Waals surface area contributed by atoms with Gasteiger partial charge in [0.2, 0.25) is 5.91 Å². The number of rotatable bonds is 11. The maximum atomic E-state index is 13.4. The second kappa shape index (κ2) is 13.7. The van der Waals surface area contributed by atoms with Crippen LogP contribution in [-0.2, 0) is 22.7 Å². The Bertz CT molecular complexity index is 1130. The molecule has 0 radical (unpaired) electrons. The number of nitrogens with one attached hydrogen (secondary N) is 1. The first kappa shape index (κ1) is 29.7. The van der Waals surface area contributed by atoms with Crippen molar-refractivity contribution in [1.82, 2.24) is 15.3 Å². The fourth-order valence-electron chi connectivity index (χ4n) is 4.32. The molecule has 37 heavy (non-hydrogen) atoms. The Morgan fingerprint density at radius 1 is 1.14 bits per heavy atom. The molecule has 0 aromatic heterocycles. The van der Waals surface area contributed by atoms with Gasteiger partial charge in [0.1, 0.15) is 5.75 Å². The first-order valence-electron chi connectivity index (χ1n) is 12.4. The first-order valence-corrected chi connectivity index (χ1v) is 12.4. The number of likely N-dealkylation sites (N-methyl/N-ethyl adjacent to an activating group) is 1. The summed E-state index contributed by atoms with van der Waals surface area (Å²) >= 11 is 0. The molecule has 0 saturated carbocycles. The van der Waals surface area contributed by atoms with Crippen molar-refractivity contribution in [2.45, 2.75) is 54.1 Å². The molecule has 2 aromatic rings. The molecule has 0 aliphatic carbocycles. The fraction of sp³-hybridized carbons (Fsp3) is 0.483. The van der Waals surface area contributed by atoms with Crippen LogP contribution in [0.5, 0.6) is 5.75 Å². The number of carbonyl (C=O) groups excluding carboxylic acids is 2. The summed E-state index contributed by atoms with van der Waals surface area (Å²) in [6.07, 6.45) is 1.96. The lowest BCUT2D eigenvalue weighted by molar-refractivity contribution is -0.145. The smallest absolute Gasteiger partial charge is 0.256 e. The van der Waals surface area contributed by atoms with Crippen LogP contribution in [0.3, 0.4) is 0 Å². The summed E-state index contributed by atoms with van der Waals surface area (Å²) in [7, 11) is 3.40. The van der Waals surface area contributed by atoms with Crippen LogP contribution >= 0.6 is 0 Å². The highest BCUT2D eigenvalue weighted by molar-refractivity contribution is 5.87. The van der Waals surface area contributed by atoms with E-state index in [0.717, 1.165) is 41.0 Å². The summed E-state index contributed by atoms with van der Waals surface area (Å²) in [5.74, 6) is 1.12. The van der Waals surface area contributed by atoms with Gasteiger partial charge in [-0.2, -0.15) is 0 Å². The molecule has 1 heterocycles. The van der Waals surface area contributed by atoms with Crippen molar-refractivity contribution in [3.05, 3.63) is 64.5 Å². The van der Waals surface area contributed by atoms with Gasteiger partial charge in [-0.3, -0.25) is 14.6 Å². The molecular formula is C29H41N5O3. The van der Waals surface area contributed by atoms with E-state index in [4.69, 9.17) is 11.3 Å². The SMILES string of the molecule is C.[C-]#[N+]c1ccc(C)c(N(CC(=O)NCCCC(C)C)CC(=O)N(C)N2Cc3ccc(OC)cc3C2)c1. The van der Waals surface area contributed by atoms with E-state index >= 15 is 0 Å². The number of methoxy groups -OCH3 is 1. The number of fused-ring (bicyclic) bond motifs is 1. The van der Waals surface area contributed by atoms with E-state index in [1.807, 2.05) is 36.2 Å². The Kier molecular flexibility index (Phi) is 10.9. The van der Waals surface area contributed by atoms with Gasteiger partial charge in [0.25, 0.3) is 5.91 Å². The van der Waals surface area contributed by atoms with E-state index < -0.39 is 0 Å². The molecule has 0 spiro atoms. The van der Waals surface area contributed by atoms with E-state index in [1.165, 1.54) is 0 Å². The van der Waals surface area contributed by atoms with E-state index in [2.05, 4.69) is 24.0 Å². The fourth-order valence-corrected chi connectivity index (χ4v) is 4.32. The number of carbonyl (C=O) groups is 2. The summed E-state index contributed by atoms with van der Waals surface area (Å²) in [5.41, 5.74) is 4.40. The maximum absolute atomic E-state index is 13.4. The zero-order valence-electron chi connectivity index (χ0n) is 22.0. The minimum Gasteiger partial charge on any atom is -0.497 e. The van der Waals surface area contributed by atoms with Crippen molar-refractivity contribution in [3.8, 4) is 5.75 Å². The van der Waals surface area contributed by atoms with Crippen LogP contribution in [0.4, 0.5) is 11.4 Å². The molecule has 0 saturated heterocycles. The minimum absolute atomic E-state index is 0. The molecule has 0 fully saturated rings. The van der Waals surface area contributed by atoms with Crippen LogP contribution in [0.15, 0.2) is 36.4 Å². The van der Waals surface area contributed by atoms with Crippen molar-refractivity contribution < 1.29 is 14.3 Å². The number of hydrogen-bond acceptors (Lipinski definition) is 5. The molecule has 1 N–H and O–H groups in total. The minimum atomic E-state index is -0.137. The van der Waals surface area contributed by atoms with Crippen molar-refractivity contribution in [2.75, 3.05) is 38.7 Å². The number of anilines is 1. The number of amides is 2. The maximum Gasteiger partial charge on any atom is 0.256 e. The number of benzene rings is 2. The van der Waals surface area contributed by atoms with E-state index in [0.29, 0.717) is 31.2 Å². The molecule has 2 aromatic carbocycles. The summed E-state index contributed by atoms with van der Waals surface area (Å²) in [4.78, 5) is 31.5. The van der Waals surface area contributed by atoms with Gasteiger partial charge in [0.05, 0.1) is 26.8 Å². The van der Waals surface area contributed by atoms with Crippen LogP contribution in [0.2, 0.25) is 0 Å². The highest BCUT2D eigenvalue weighted by atomic mass is 16.5. The molecule has 0 atom stereocenters. The van der Waals surface area contributed by atoms with Crippen LogP contribution < -0.4 is 15.0 Å². The van der Waals surface area contributed by atoms with Crippen LogP contribution in [0.25, 0.3) is 4.85 Å². The zero-order chi connectivity index (χ0) is 26.2. The molecule has 2 amide bonds. The summed E-state index contributed by atoms with van der Waals surface area (Å²) < 4.78 is 5.33. The third-order valence-corrected chi connectivity index (χ3v) is 6.51. The predicted molar refractivity (Wildman–Crippen MR) is 148 cm³/mol. The van der Waals surface area contributed by atoms with Gasteiger partial charge in [-0.15, -0.1) is 0 Å². The second-order valence-electron chi connectivity index (χ2n) is 9.70. The van der Waals surface area contributed by atoms with Crippen LogP contribution in [-0.4, -0.2) is 55.6 Å². The predicted octanol–water partition coefficient (Wildman–Crippen LogP) is 4.94. The van der Waals surface area contributed by atoms with Gasteiger partial charge < -0.3 is 15.0 Å². The van der Waals surface area contributed by atoms with Crippen molar-refractivity contribution in [1.29, 1.82) is 0 Å². The number of ether oxygens (including phenoxy) is 1. The average Bonchev–Trinajstić information content (AvgIpc) is 3.29. The quantitative estimate of drug-likeness (QED) is 0.345. The lowest BCUT2D eigenvalue weighted by atomic mass is 10.1. The van der Waals surface area contributed by atoms with Crippen molar-refractivity contribution in [3.63, 3.8) is 0 Å². The number of hydrazine groups is 1. The van der Waals surface area contributed by atoms with E-state index in [1.54, 1.807) is 36.2 Å². The number of nitrogens with zero attached hydrogens (tertiary/aromatic N) is 4. The molecule has 0 bridgehead atoms. The molecule has 1 aliphatic rings. The zero-order valence-corrected chi connectivity index (χ0v) is 22.0. The number of hydrogen-bond donors (Lipinski definition) is 1. The normalized spacial score (nSPS) is 12.4. The third-order valence-electron chi connectivity index (χ3n) is 6.51. The largest absolute Gasteiger partial charge is 0.497 e. The van der Waals surface area contributed by atoms with Gasteiger partial charge in [0, 0.05) is 32.4 Å². The van der Waals surface area contributed by atoms with E-state index in [9.17, 15) is 9.59 Å². The molecule has 8 heteroatoms. The number of aryl methyl sites for hydroxylation is 1. The highest BCUT2D eigenvalue weighted by Crippen LogP contribution is 2.29. The van der Waals surface area contributed by atoms with E-state index in [-0.39, 0.29) is 32.3 Å². The van der Waals surface area contributed by atoms with Crippen molar-refractivity contribution >= 4 is 23.2 Å². The summed E-state index contributed by atoms with van der Waals surface area (Å²) in [6, 6.07) is 11.3. The van der Waals surface area contributed by atoms with Crippen molar-refractivity contribution in [2.24, 2.45) is 5.92 Å². The van der Waals surface area contributed by atoms with Gasteiger partial charge in [-0.05, 0) is 60.6 Å². The third kappa shape index (κ3) is 7.96.